The van der Waals surface area contributed by atoms with Crippen molar-refractivity contribution in [1.82, 2.24) is 26.3 Å². The molecule has 0 aromatic carbocycles. The van der Waals surface area contributed by atoms with Crippen molar-refractivity contribution in [2.75, 3.05) is 13.1 Å². The molecule has 1 aromatic rings. The monoisotopic (exact) mass is 482 g/mol. The summed E-state index contributed by atoms with van der Waals surface area (Å²) in [6.45, 7) is 3.89. The van der Waals surface area contributed by atoms with Crippen molar-refractivity contribution < 1.29 is 13.1 Å². The Morgan fingerprint density at radius 3 is 1.48 bits per heavy atom. The van der Waals surface area contributed by atoms with Crippen molar-refractivity contribution in [1.29, 1.82) is 0 Å². The fraction of sp³-hybridized carbons (Fsp3) is 0.762. The Bertz CT molecular complexity index is 549. The smallest absolute Gasteiger partial charge is 0.0545 e. The van der Waals surface area contributed by atoms with Crippen LogP contribution in [0.2, 0.25) is 0 Å². The molecule has 0 saturated heterocycles. The topological polar surface area (TPSA) is 61.0 Å². The van der Waals surface area contributed by atoms with Gasteiger partial charge in [0.2, 0.25) is 0 Å². The molecule has 2 aliphatic carbocycles. The van der Waals surface area contributed by atoms with Crippen LogP contribution in [0.5, 0.6) is 0 Å². The molecule has 1 aliphatic heterocycles. The van der Waals surface area contributed by atoms with Gasteiger partial charge in [-0.15, -0.1) is 0 Å². The van der Waals surface area contributed by atoms with E-state index in [2.05, 4.69) is 39.5 Å². The molecule has 4 rings (SSSR count). The quantitative estimate of drug-likeness (QED) is 0.426. The number of aromatic nitrogens is 1. The second kappa shape index (κ2) is 13.5. The molecule has 165 valence electrons. The maximum Gasteiger partial charge on any atom is 0.0545 e. The van der Waals surface area contributed by atoms with Gasteiger partial charge in [-0.25, -0.2) is 0 Å². The minimum atomic E-state index is 0.00694. The van der Waals surface area contributed by atoms with E-state index in [9.17, 15) is 0 Å². The first-order chi connectivity index (χ1) is 14.3. The van der Waals surface area contributed by atoms with Crippen LogP contribution in [0.1, 0.15) is 62.8 Å². The molecule has 2 saturated carbocycles. The zero-order valence-electron chi connectivity index (χ0n) is 17.1. The second-order valence-electron chi connectivity index (χ2n) is 8.34. The Labute approximate surface area is 190 Å². The molecule has 5 nitrogen and oxygen atoms in total. The van der Waals surface area contributed by atoms with E-state index in [-0.39, 0.29) is 13.1 Å². The summed E-state index contributed by atoms with van der Waals surface area (Å²) in [4.78, 5) is 4.89. The average Bonchev–Trinajstić information content (AvgIpc) is 2.76. The summed E-state index contributed by atoms with van der Waals surface area (Å²) in [6.07, 6.45) is 10.5. The van der Waals surface area contributed by atoms with Gasteiger partial charge in [0.25, 0.3) is 0 Å². The molecule has 29 heavy (non-hydrogen) atoms. The maximum absolute atomic E-state index is 4.89. The third-order valence-electron chi connectivity index (χ3n) is 6.43. The Kier molecular flexibility index (Phi) is 11.0. The Balaban J connectivity index is 0.000000755. The van der Waals surface area contributed by atoms with Crippen LogP contribution in [0.15, 0.2) is 18.2 Å². The molecule has 3 aliphatic rings. The van der Waals surface area contributed by atoms with Gasteiger partial charge in [0.05, 0.1) is 11.4 Å². The van der Waals surface area contributed by atoms with Crippen molar-refractivity contribution >= 4 is 20.2 Å². The molecule has 8 heteroatoms. The van der Waals surface area contributed by atoms with Gasteiger partial charge in [-0.05, 0) is 37.8 Å². The minimum Gasteiger partial charge on any atom is -0.311 e. The first-order valence-electron chi connectivity index (χ1n) is 11.1. The molecule has 0 amide bonds. The van der Waals surface area contributed by atoms with E-state index in [1.807, 2.05) is 0 Å². The van der Waals surface area contributed by atoms with Crippen LogP contribution in [0.25, 0.3) is 0 Å². The van der Waals surface area contributed by atoms with Crippen LogP contribution in [0.4, 0.5) is 0 Å². The zero-order chi connectivity index (χ0) is 20.3. The first kappa shape index (κ1) is 23.7. The van der Waals surface area contributed by atoms with Crippen LogP contribution >= 0.6 is 20.2 Å². The second-order valence-corrected chi connectivity index (χ2v) is 10.3. The van der Waals surface area contributed by atoms with Gasteiger partial charge in [0, 0.05) is 50.3 Å². The molecule has 0 spiro atoms. The molecule has 2 heterocycles. The summed E-state index contributed by atoms with van der Waals surface area (Å²) in [5.74, 6) is 0. The molecule has 4 N–H and O–H groups in total. The Morgan fingerprint density at radius 1 is 0.690 bits per heavy atom. The van der Waals surface area contributed by atoms with Crippen LogP contribution < -0.4 is 21.3 Å². The molecule has 2 bridgehead atoms. The molecular formula is C21H35Cl2MnN5. The minimum absolute atomic E-state index is 0.00694. The van der Waals surface area contributed by atoms with Gasteiger partial charge in [-0.3, -0.25) is 4.98 Å². The number of nitrogens with zero attached hydrogens (tertiary/aromatic N) is 1. The predicted octanol–water partition coefficient (Wildman–Crippen LogP) is 3.45. The summed E-state index contributed by atoms with van der Waals surface area (Å²) < 4.78 is 0. The van der Waals surface area contributed by atoms with Crippen molar-refractivity contribution in [2.45, 2.75) is 88.6 Å². The van der Waals surface area contributed by atoms with Crippen LogP contribution in [0, 0.1) is 0 Å². The summed E-state index contributed by atoms with van der Waals surface area (Å²) in [6, 6.07) is 8.81. The summed E-state index contributed by atoms with van der Waals surface area (Å²) in [7, 11) is 9.59. The molecular weight excluding hydrogens is 448 g/mol. The zero-order valence-corrected chi connectivity index (χ0v) is 19.8. The number of hydrogen-bond donors (Lipinski definition) is 4. The molecule has 1 unspecified atom stereocenters. The van der Waals surface area contributed by atoms with E-state index in [0.717, 1.165) is 26.2 Å². The van der Waals surface area contributed by atoms with E-state index in [0.29, 0.717) is 24.2 Å². The molecule has 4 atom stereocenters. The van der Waals surface area contributed by atoms with E-state index in [1.54, 1.807) is 0 Å². The predicted molar refractivity (Wildman–Crippen MR) is 118 cm³/mol. The SMILES string of the molecule is [Cl][Mn][Cl].c1cc2nc(c1)CN[C@H]1CCCC[C@H]1NCCNC1CCCC[C@@H]1NC2. The van der Waals surface area contributed by atoms with Crippen LogP contribution in [-0.2, 0) is 26.2 Å². The van der Waals surface area contributed by atoms with Crippen molar-refractivity contribution in [3.05, 3.63) is 29.6 Å². The van der Waals surface area contributed by atoms with Gasteiger partial charge in [0.1, 0.15) is 0 Å². The summed E-state index contributed by atoms with van der Waals surface area (Å²) >= 11 is 0.00694. The fourth-order valence-corrected chi connectivity index (χ4v) is 4.95. The molecule has 2 fully saturated rings. The van der Waals surface area contributed by atoms with Gasteiger partial charge in [0.15, 0.2) is 0 Å². The van der Waals surface area contributed by atoms with E-state index >= 15 is 0 Å². The molecule has 1 aromatic heterocycles. The first-order valence-corrected chi connectivity index (χ1v) is 14.3. The normalized spacial score (nSPS) is 31.1. The Morgan fingerprint density at radius 2 is 1.07 bits per heavy atom. The standard InChI is InChI=1S/C21H35N5.2ClH.Mn/c1-3-10-20-18(8-1)22-12-13-23-19-9-2-4-11-21(19)25-15-17-7-5-6-16(26-17)14-24-20;;;/h5-7,18-25H,1-4,8-15H2;2*1H;/q;;;+2/p-2/t18-,19?,20+,21+;;;/m1.../s1. The third-order valence-corrected chi connectivity index (χ3v) is 6.43. The summed E-state index contributed by atoms with van der Waals surface area (Å²) in [5, 5.41) is 15.2. The average molecular weight is 483 g/mol. The van der Waals surface area contributed by atoms with Gasteiger partial charge < -0.3 is 21.3 Å². The van der Waals surface area contributed by atoms with Crippen LogP contribution in [-0.4, -0.2) is 42.2 Å². The van der Waals surface area contributed by atoms with E-state index in [1.165, 1.54) is 62.8 Å². The van der Waals surface area contributed by atoms with Gasteiger partial charge in [-0.1, -0.05) is 31.7 Å². The number of rotatable bonds is 0. The number of pyridine rings is 1. The largest absolute Gasteiger partial charge is 0.311 e. The van der Waals surface area contributed by atoms with Crippen molar-refractivity contribution in [3.8, 4) is 0 Å². The number of halogens is 2. The van der Waals surface area contributed by atoms with E-state index in [4.69, 9.17) is 25.2 Å². The Hall–Kier alpha value is 0.0895. The fourth-order valence-electron chi connectivity index (χ4n) is 4.95. The number of fused-ring (bicyclic) bond motifs is 4. The van der Waals surface area contributed by atoms with Crippen molar-refractivity contribution in [3.63, 3.8) is 0 Å². The third kappa shape index (κ3) is 7.93. The van der Waals surface area contributed by atoms with Gasteiger partial charge in [-0.2, -0.15) is 0 Å². The van der Waals surface area contributed by atoms with E-state index < -0.39 is 0 Å². The van der Waals surface area contributed by atoms with Crippen molar-refractivity contribution in [2.24, 2.45) is 0 Å². The summed E-state index contributed by atoms with van der Waals surface area (Å²) in [5.41, 5.74) is 2.34. The number of nitrogens with one attached hydrogen (secondary N) is 4. The number of hydrogen-bond acceptors (Lipinski definition) is 5. The molecule has 0 radical (unpaired) electrons. The van der Waals surface area contributed by atoms with Crippen LogP contribution in [0.3, 0.4) is 0 Å². The maximum atomic E-state index is 4.89. The van der Waals surface area contributed by atoms with Gasteiger partial charge >= 0.3 is 33.3 Å².